The van der Waals surface area contributed by atoms with Crippen LogP contribution in [0.4, 0.5) is 0 Å². The summed E-state index contributed by atoms with van der Waals surface area (Å²) in [6, 6.07) is 3.91. The fraction of sp³-hybridized carbons (Fsp3) is 0.111. The molecule has 2 rings (SSSR count). The highest BCUT2D eigenvalue weighted by Crippen LogP contribution is 2.22. The Hall–Kier alpha value is -1.80. The maximum atomic E-state index is 8.49. The molecule has 4 nitrogen and oxygen atoms in total. The van der Waals surface area contributed by atoms with Crippen LogP contribution in [0.1, 0.15) is 5.69 Å². The summed E-state index contributed by atoms with van der Waals surface area (Å²) in [5.41, 5.74) is 1.75. The lowest BCUT2D eigenvalue weighted by molar-refractivity contribution is 1.03. The van der Waals surface area contributed by atoms with Gasteiger partial charge in [0.15, 0.2) is 0 Å². The van der Waals surface area contributed by atoms with Gasteiger partial charge >= 0.3 is 0 Å². The predicted octanol–water partition coefficient (Wildman–Crippen LogP) is 1.67. The van der Waals surface area contributed by atoms with E-state index in [0.29, 0.717) is 6.42 Å². The molecule has 0 radical (unpaired) electrons. The molecule has 0 saturated carbocycles. The van der Waals surface area contributed by atoms with Gasteiger partial charge in [0.1, 0.15) is 5.01 Å². The van der Waals surface area contributed by atoms with E-state index in [-0.39, 0.29) is 0 Å². The summed E-state index contributed by atoms with van der Waals surface area (Å²) in [6.45, 7) is 0. The van der Waals surface area contributed by atoms with E-state index < -0.39 is 0 Å². The first-order valence-electron chi connectivity index (χ1n) is 3.98. The van der Waals surface area contributed by atoms with Crippen molar-refractivity contribution in [3.05, 3.63) is 29.5 Å². The summed E-state index contributed by atoms with van der Waals surface area (Å²) in [5.74, 6) is 0. The molecule has 0 spiro atoms. The molecule has 2 aromatic heterocycles. The first kappa shape index (κ1) is 8.78. The van der Waals surface area contributed by atoms with Gasteiger partial charge in [-0.2, -0.15) is 15.5 Å². The summed E-state index contributed by atoms with van der Waals surface area (Å²) in [7, 11) is 0. The topological polar surface area (TPSA) is 62.5 Å². The first-order valence-corrected chi connectivity index (χ1v) is 4.86. The Morgan fingerprint density at radius 2 is 2.36 bits per heavy atom. The molecule has 2 heterocycles. The fourth-order valence-electron chi connectivity index (χ4n) is 1.02. The molecule has 0 aliphatic heterocycles. The SMILES string of the molecule is N#CCc1csc(-c2ccnnc2)n1. The molecule has 5 heteroatoms. The van der Waals surface area contributed by atoms with Crippen LogP contribution in [-0.2, 0) is 6.42 Å². The lowest BCUT2D eigenvalue weighted by atomic mass is 10.3. The van der Waals surface area contributed by atoms with E-state index in [9.17, 15) is 0 Å². The van der Waals surface area contributed by atoms with Crippen LogP contribution in [0, 0.1) is 11.3 Å². The third-order valence-corrected chi connectivity index (χ3v) is 2.58. The molecular weight excluding hydrogens is 196 g/mol. The van der Waals surface area contributed by atoms with Gasteiger partial charge in [0.05, 0.1) is 30.6 Å². The monoisotopic (exact) mass is 202 g/mol. The summed E-state index contributed by atoms with van der Waals surface area (Å²) < 4.78 is 0. The minimum absolute atomic E-state index is 0.356. The number of nitrogens with zero attached hydrogens (tertiary/aromatic N) is 4. The third-order valence-electron chi connectivity index (χ3n) is 1.64. The van der Waals surface area contributed by atoms with Crippen LogP contribution in [0.15, 0.2) is 23.8 Å². The van der Waals surface area contributed by atoms with Crippen molar-refractivity contribution in [2.75, 3.05) is 0 Å². The minimum atomic E-state index is 0.356. The average Bonchev–Trinajstić information content (AvgIpc) is 2.68. The van der Waals surface area contributed by atoms with Crippen molar-refractivity contribution in [3.63, 3.8) is 0 Å². The fourth-order valence-corrected chi connectivity index (χ4v) is 1.83. The molecule has 0 aliphatic carbocycles. The van der Waals surface area contributed by atoms with Gasteiger partial charge in [-0.25, -0.2) is 4.98 Å². The van der Waals surface area contributed by atoms with Crippen molar-refractivity contribution < 1.29 is 0 Å². The van der Waals surface area contributed by atoms with Gasteiger partial charge in [-0.15, -0.1) is 11.3 Å². The van der Waals surface area contributed by atoms with Gasteiger partial charge < -0.3 is 0 Å². The highest BCUT2D eigenvalue weighted by Gasteiger charge is 2.03. The zero-order chi connectivity index (χ0) is 9.80. The number of hydrogen-bond donors (Lipinski definition) is 0. The number of hydrogen-bond acceptors (Lipinski definition) is 5. The highest BCUT2D eigenvalue weighted by molar-refractivity contribution is 7.13. The van der Waals surface area contributed by atoms with Gasteiger partial charge in [0, 0.05) is 10.9 Å². The molecule has 0 amide bonds. The van der Waals surface area contributed by atoms with Crippen LogP contribution in [0.3, 0.4) is 0 Å². The second-order valence-corrected chi connectivity index (χ2v) is 3.47. The van der Waals surface area contributed by atoms with Gasteiger partial charge in [-0.1, -0.05) is 0 Å². The molecule has 14 heavy (non-hydrogen) atoms. The molecule has 0 saturated heterocycles. The molecule has 0 N–H and O–H groups in total. The second kappa shape index (κ2) is 3.94. The van der Waals surface area contributed by atoms with Crippen LogP contribution in [0.5, 0.6) is 0 Å². The Labute approximate surface area is 84.9 Å². The van der Waals surface area contributed by atoms with Crippen molar-refractivity contribution in [1.82, 2.24) is 15.2 Å². The van der Waals surface area contributed by atoms with Crippen molar-refractivity contribution >= 4 is 11.3 Å². The lowest BCUT2D eigenvalue weighted by Gasteiger charge is -1.91. The molecule has 0 atom stereocenters. The maximum Gasteiger partial charge on any atom is 0.125 e. The number of nitriles is 1. The predicted molar refractivity (Wildman–Crippen MR) is 52.5 cm³/mol. The van der Waals surface area contributed by atoms with Crippen molar-refractivity contribution in [2.24, 2.45) is 0 Å². The minimum Gasteiger partial charge on any atom is -0.240 e. The van der Waals surface area contributed by atoms with E-state index in [1.807, 2.05) is 11.4 Å². The molecule has 2 aromatic rings. The molecule has 68 valence electrons. The Morgan fingerprint density at radius 3 is 3.07 bits per heavy atom. The van der Waals surface area contributed by atoms with Crippen molar-refractivity contribution in [1.29, 1.82) is 5.26 Å². The van der Waals surface area contributed by atoms with Crippen LogP contribution in [-0.4, -0.2) is 15.2 Å². The Morgan fingerprint density at radius 1 is 1.43 bits per heavy atom. The normalized spacial score (nSPS) is 9.64. The summed E-state index contributed by atoms with van der Waals surface area (Å²) in [4.78, 5) is 4.30. The molecule has 0 unspecified atom stereocenters. The van der Waals surface area contributed by atoms with E-state index in [0.717, 1.165) is 16.3 Å². The standard InChI is InChI=1S/C9H6N4S/c10-3-1-8-6-14-9(13-8)7-2-4-11-12-5-7/h2,4-6H,1H2. The quantitative estimate of drug-likeness (QED) is 0.743. The highest BCUT2D eigenvalue weighted by atomic mass is 32.1. The van der Waals surface area contributed by atoms with E-state index in [1.54, 1.807) is 12.4 Å². The molecule has 0 aliphatic rings. The lowest BCUT2D eigenvalue weighted by Crippen LogP contribution is -1.83. The second-order valence-electron chi connectivity index (χ2n) is 2.61. The Balaban J connectivity index is 2.31. The van der Waals surface area contributed by atoms with Crippen LogP contribution in [0.25, 0.3) is 10.6 Å². The van der Waals surface area contributed by atoms with E-state index >= 15 is 0 Å². The number of aromatic nitrogens is 3. The van der Waals surface area contributed by atoms with Crippen LogP contribution in [0.2, 0.25) is 0 Å². The average molecular weight is 202 g/mol. The van der Waals surface area contributed by atoms with E-state index in [1.165, 1.54) is 11.3 Å². The van der Waals surface area contributed by atoms with Crippen molar-refractivity contribution in [3.8, 4) is 16.6 Å². The third kappa shape index (κ3) is 1.75. The summed E-state index contributed by atoms with van der Waals surface area (Å²) in [5, 5.41) is 18.7. The molecular formula is C9H6N4S. The van der Waals surface area contributed by atoms with Gasteiger partial charge in [-0.3, -0.25) is 0 Å². The van der Waals surface area contributed by atoms with Crippen LogP contribution >= 0.6 is 11.3 Å². The van der Waals surface area contributed by atoms with E-state index in [2.05, 4.69) is 21.3 Å². The molecule has 0 bridgehead atoms. The molecule has 0 fully saturated rings. The van der Waals surface area contributed by atoms with E-state index in [4.69, 9.17) is 5.26 Å². The summed E-state index contributed by atoms with van der Waals surface area (Å²) >= 11 is 1.51. The zero-order valence-corrected chi connectivity index (χ0v) is 8.03. The first-order chi connectivity index (χ1) is 6.90. The van der Waals surface area contributed by atoms with Crippen molar-refractivity contribution in [2.45, 2.75) is 6.42 Å². The Bertz CT molecular complexity index is 457. The number of thiazole rings is 1. The van der Waals surface area contributed by atoms with Crippen LogP contribution < -0.4 is 0 Å². The Kier molecular flexibility index (Phi) is 2.47. The zero-order valence-electron chi connectivity index (χ0n) is 7.21. The number of rotatable bonds is 2. The van der Waals surface area contributed by atoms with Gasteiger partial charge in [0.2, 0.25) is 0 Å². The van der Waals surface area contributed by atoms with Gasteiger partial charge in [-0.05, 0) is 6.07 Å². The largest absolute Gasteiger partial charge is 0.240 e. The smallest absolute Gasteiger partial charge is 0.125 e. The molecule has 0 aromatic carbocycles. The van der Waals surface area contributed by atoms with Gasteiger partial charge in [0.25, 0.3) is 0 Å². The maximum absolute atomic E-state index is 8.49. The summed E-state index contributed by atoms with van der Waals surface area (Å²) in [6.07, 6.45) is 3.64.